The molecule has 0 bridgehead atoms. The van der Waals surface area contributed by atoms with Crippen molar-refractivity contribution in [1.82, 2.24) is 4.90 Å². The highest BCUT2D eigenvalue weighted by Crippen LogP contribution is 2.25. The number of hydrogen-bond donors (Lipinski definition) is 0. The largest absolute Gasteiger partial charge is 0.338 e. The Balaban J connectivity index is 2.62. The van der Waals surface area contributed by atoms with Crippen LogP contribution in [0.2, 0.25) is 0 Å². The minimum atomic E-state index is 0.137. The maximum Gasteiger partial charge on any atom is 0.225 e. The molecule has 0 radical (unpaired) electrons. The summed E-state index contributed by atoms with van der Waals surface area (Å²) in [5.74, 6) is 1.53. The number of carbonyl (C=O) groups is 1. The normalized spacial score (nSPS) is 29.5. The number of thioether (sulfide) groups is 1. The molecule has 1 aliphatic heterocycles. The molecule has 0 aromatic carbocycles. The zero-order valence-electron chi connectivity index (χ0n) is 8.91. The van der Waals surface area contributed by atoms with Gasteiger partial charge in [0, 0.05) is 29.5 Å². The second-order valence-electron chi connectivity index (χ2n) is 4.00. The van der Waals surface area contributed by atoms with Gasteiger partial charge >= 0.3 is 0 Å². The Labute approximate surface area is 85.1 Å². The van der Waals surface area contributed by atoms with Crippen molar-refractivity contribution in [1.29, 1.82) is 0 Å². The van der Waals surface area contributed by atoms with Crippen molar-refractivity contribution in [3.63, 3.8) is 0 Å². The molecule has 3 heteroatoms. The summed E-state index contributed by atoms with van der Waals surface area (Å²) in [4.78, 5) is 13.8. The van der Waals surface area contributed by atoms with E-state index in [2.05, 4.69) is 13.8 Å². The molecular formula is C10H19NOS. The van der Waals surface area contributed by atoms with Gasteiger partial charge in [-0.1, -0.05) is 20.8 Å². The first kappa shape index (κ1) is 10.9. The van der Waals surface area contributed by atoms with Crippen molar-refractivity contribution in [2.75, 3.05) is 12.3 Å². The average molecular weight is 201 g/mol. The lowest BCUT2D eigenvalue weighted by molar-refractivity contribution is -0.136. The first-order valence-corrected chi connectivity index (χ1v) is 6.01. The number of amides is 1. The quantitative estimate of drug-likeness (QED) is 0.646. The summed E-state index contributed by atoms with van der Waals surface area (Å²) in [6, 6.07) is 0.397. The summed E-state index contributed by atoms with van der Waals surface area (Å²) < 4.78 is 0. The van der Waals surface area contributed by atoms with Crippen molar-refractivity contribution in [3.8, 4) is 0 Å². The van der Waals surface area contributed by atoms with Crippen LogP contribution in [-0.4, -0.2) is 34.4 Å². The molecule has 0 aliphatic carbocycles. The summed E-state index contributed by atoms with van der Waals surface area (Å²) in [5, 5.41) is 0.580. The van der Waals surface area contributed by atoms with Gasteiger partial charge in [0.1, 0.15) is 0 Å². The number of rotatable bonds is 1. The van der Waals surface area contributed by atoms with Gasteiger partial charge in [-0.2, -0.15) is 11.8 Å². The van der Waals surface area contributed by atoms with E-state index in [1.807, 2.05) is 30.5 Å². The fraction of sp³-hybridized carbons (Fsp3) is 0.900. The van der Waals surface area contributed by atoms with Crippen molar-refractivity contribution in [2.24, 2.45) is 5.92 Å². The van der Waals surface area contributed by atoms with E-state index in [4.69, 9.17) is 0 Å². The van der Waals surface area contributed by atoms with Crippen LogP contribution in [0.1, 0.15) is 27.7 Å². The highest BCUT2D eigenvalue weighted by atomic mass is 32.2. The molecule has 1 rings (SSSR count). The molecule has 0 aromatic heterocycles. The van der Waals surface area contributed by atoms with Crippen LogP contribution in [0, 0.1) is 5.92 Å². The van der Waals surface area contributed by atoms with Crippen molar-refractivity contribution in [2.45, 2.75) is 39.0 Å². The van der Waals surface area contributed by atoms with Gasteiger partial charge in [0.2, 0.25) is 5.91 Å². The van der Waals surface area contributed by atoms with E-state index in [0.29, 0.717) is 17.2 Å². The standard InChI is InChI=1S/C10H19NOS/c1-7(2)10(12)11-5-6-13-9(4)8(11)3/h7-9H,5-6H2,1-4H3. The first-order valence-electron chi connectivity index (χ1n) is 4.96. The zero-order valence-corrected chi connectivity index (χ0v) is 9.73. The van der Waals surface area contributed by atoms with Crippen LogP contribution in [0.5, 0.6) is 0 Å². The molecule has 2 nitrogen and oxygen atoms in total. The van der Waals surface area contributed by atoms with E-state index in [-0.39, 0.29) is 5.92 Å². The van der Waals surface area contributed by atoms with Crippen molar-refractivity contribution in [3.05, 3.63) is 0 Å². The highest BCUT2D eigenvalue weighted by molar-refractivity contribution is 8.00. The van der Waals surface area contributed by atoms with Gasteiger partial charge in [-0.15, -0.1) is 0 Å². The first-order chi connectivity index (χ1) is 6.04. The fourth-order valence-corrected chi connectivity index (χ4v) is 2.68. The van der Waals surface area contributed by atoms with Crippen LogP contribution in [0.3, 0.4) is 0 Å². The molecule has 13 heavy (non-hydrogen) atoms. The number of hydrogen-bond acceptors (Lipinski definition) is 2. The van der Waals surface area contributed by atoms with Gasteiger partial charge in [0.15, 0.2) is 0 Å². The van der Waals surface area contributed by atoms with Crippen LogP contribution in [0.25, 0.3) is 0 Å². The zero-order chi connectivity index (χ0) is 10.0. The molecule has 1 saturated heterocycles. The van der Waals surface area contributed by atoms with Crippen LogP contribution in [-0.2, 0) is 4.79 Å². The second kappa shape index (κ2) is 4.36. The summed E-state index contributed by atoms with van der Waals surface area (Å²) in [7, 11) is 0. The van der Waals surface area contributed by atoms with Gasteiger partial charge in [-0.05, 0) is 6.92 Å². The van der Waals surface area contributed by atoms with E-state index >= 15 is 0 Å². The van der Waals surface area contributed by atoms with Gasteiger partial charge in [-0.3, -0.25) is 4.79 Å². The SMILES string of the molecule is CC(C)C(=O)N1CCSC(C)C1C. The topological polar surface area (TPSA) is 20.3 Å². The Kier molecular flexibility index (Phi) is 3.65. The molecule has 2 atom stereocenters. The maximum atomic E-state index is 11.8. The molecule has 0 spiro atoms. The van der Waals surface area contributed by atoms with Crippen LogP contribution in [0.4, 0.5) is 0 Å². The van der Waals surface area contributed by atoms with E-state index in [9.17, 15) is 4.79 Å². The molecule has 0 saturated carbocycles. The highest BCUT2D eigenvalue weighted by Gasteiger charge is 2.29. The average Bonchev–Trinajstić information content (AvgIpc) is 2.08. The second-order valence-corrected chi connectivity index (χ2v) is 5.49. The predicted octanol–water partition coefficient (Wildman–Crippen LogP) is 1.99. The van der Waals surface area contributed by atoms with Gasteiger partial charge in [-0.25, -0.2) is 0 Å². The molecule has 1 aliphatic rings. The van der Waals surface area contributed by atoms with Gasteiger partial charge in [0.05, 0.1) is 0 Å². The molecule has 1 amide bonds. The third-order valence-corrected chi connectivity index (χ3v) is 4.00. The summed E-state index contributed by atoms with van der Waals surface area (Å²) in [6.45, 7) is 9.22. The van der Waals surface area contributed by atoms with Gasteiger partial charge < -0.3 is 4.90 Å². The Bertz CT molecular complexity index is 193. The lowest BCUT2D eigenvalue weighted by Gasteiger charge is -2.38. The van der Waals surface area contributed by atoms with Crippen molar-refractivity contribution >= 4 is 17.7 Å². The number of carbonyl (C=O) groups excluding carboxylic acids is 1. The van der Waals surface area contributed by atoms with Gasteiger partial charge in [0.25, 0.3) is 0 Å². The van der Waals surface area contributed by atoms with E-state index in [0.717, 1.165) is 12.3 Å². The maximum absolute atomic E-state index is 11.8. The van der Waals surface area contributed by atoms with Crippen LogP contribution in [0.15, 0.2) is 0 Å². The third-order valence-electron chi connectivity index (χ3n) is 2.66. The monoisotopic (exact) mass is 201 g/mol. The Morgan fingerprint density at radius 3 is 2.62 bits per heavy atom. The Hall–Kier alpha value is -0.180. The van der Waals surface area contributed by atoms with Crippen LogP contribution >= 0.6 is 11.8 Å². The Morgan fingerprint density at radius 2 is 2.08 bits per heavy atom. The lowest BCUT2D eigenvalue weighted by atomic mass is 10.1. The fourth-order valence-electron chi connectivity index (χ4n) is 1.58. The molecule has 2 unspecified atom stereocenters. The molecule has 1 heterocycles. The summed E-state index contributed by atoms with van der Waals surface area (Å²) in [6.07, 6.45) is 0. The molecule has 0 aromatic rings. The molecule has 76 valence electrons. The Morgan fingerprint density at radius 1 is 1.46 bits per heavy atom. The number of nitrogens with zero attached hydrogens (tertiary/aromatic N) is 1. The minimum Gasteiger partial charge on any atom is -0.338 e. The van der Waals surface area contributed by atoms with Crippen molar-refractivity contribution < 1.29 is 4.79 Å². The molecule has 0 N–H and O–H groups in total. The van der Waals surface area contributed by atoms with E-state index < -0.39 is 0 Å². The third kappa shape index (κ3) is 2.39. The molecule has 1 fully saturated rings. The summed E-state index contributed by atoms with van der Waals surface area (Å²) in [5.41, 5.74) is 0. The lowest BCUT2D eigenvalue weighted by Crippen LogP contribution is -2.49. The van der Waals surface area contributed by atoms with E-state index in [1.165, 1.54) is 0 Å². The van der Waals surface area contributed by atoms with Crippen LogP contribution < -0.4 is 0 Å². The van der Waals surface area contributed by atoms with E-state index in [1.54, 1.807) is 0 Å². The predicted molar refractivity (Wildman–Crippen MR) is 57.9 cm³/mol. The minimum absolute atomic E-state index is 0.137. The molecular weight excluding hydrogens is 182 g/mol. The summed E-state index contributed by atoms with van der Waals surface area (Å²) >= 11 is 1.97. The smallest absolute Gasteiger partial charge is 0.225 e.